The van der Waals surface area contributed by atoms with Crippen LogP contribution in [-0.2, 0) is 11.4 Å². The van der Waals surface area contributed by atoms with E-state index in [9.17, 15) is 4.79 Å². The number of aromatic nitrogens is 1. The molecule has 0 spiro atoms. The number of carbonyl (C=O) groups excluding carboxylic acids is 1. The predicted molar refractivity (Wildman–Crippen MR) is 133 cm³/mol. The van der Waals surface area contributed by atoms with Gasteiger partial charge in [-0.05, 0) is 74.1 Å². The molecule has 1 saturated heterocycles. The Hall–Kier alpha value is -2.25. The van der Waals surface area contributed by atoms with Crippen LogP contribution in [0.5, 0.6) is 5.75 Å². The van der Waals surface area contributed by atoms with Crippen molar-refractivity contribution in [2.24, 2.45) is 0 Å². The van der Waals surface area contributed by atoms with Crippen LogP contribution in [0.1, 0.15) is 22.5 Å². The first-order valence-corrected chi connectivity index (χ1v) is 11.4. The third-order valence-electron chi connectivity index (χ3n) is 4.79. The molecule has 8 heteroatoms. The Bertz CT molecular complexity index is 1180. The molecule has 0 bridgehead atoms. The standard InChI is InChI=1S/C23H18Cl2N2O2S2/c1-14-3-4-15(2)26(14)27-22(28)21(31-23(27)30)11-16-5-9-19(10-6-16)29-13-17-7-8-18(24)12-20(17)25/h3-12H,13H2,1-2H3/b21-11+. The van der Waals surface area contributed by atoms with Gasteiger partial charge < -0.3 is 4.74 Å². The lowest BCUT2D eigenvalue weighted by Crippen LogP contribution is -2.39. The van der Waals surface area contributed by atoms with Crippen LogP contribution in [-0.4, -0.2) is 14.9 Å². The van der Waals surface area contributed by atoms with E-state index >= 15 is 0 Å². The van der Waals surface area contributed by atoms with Crippen molar-refractivity contribution in [2.45, 2.75) is 20.5 Å². The maximum absolute atomic E-state index is 13.0. The molecular weight excluding hydrogens is 471 g/mol. The second-order valence-electron chi connectivity index (χ2n) is 7.01. The Morgan fingerprint density at radius 2 is 1.71 bits per heavy atom. The molecule has 0 saturated carbocycles. The first kappa shape index (κ1) is 22.0. The number of aryl methyl sites for hydroxylation is 2. The number of hydrogen-bond donors (Lipinski definition) is 0. The second kappa shape index (κ2) is 9.09. The van der Waals surface area contributed by atoms with Crippen LogP contribution in [0, 0.1) is 13.8 Å². The van der Waals surface area contributed by atoms with Gasteiger partial charge in [0.1, 0.15) is 12.4 Å². The van der Waals surface area contributed by atoms with Crippen molar-refractivity contribution in [1.82, 2.24) is 4.68 Å². The number of ether oxygens (including phenoxy) is 1. The lowest BCUT2D eigenvalue weighted by Gasteiger charge is -2.20. The van der Waals surface area contributed by atoms with Crippen molar-refractivity contribution in [3.8, 4) is 5.75 Å². The lowest BCUT2D eigenvalue weighted by molar-refractivity contribution is -0.114. The van der Waals surface area contributed by atoms with Crippen LogP contribution in [0.25, 0.3) is 6.08 Å². The molecule has 0 radical (unpaired) electrons. The first-order valence-electron chi connectivity index (χ1n) is 9.43. The van der Waals surface area contributed by atoms with Gasteiger partial charge in [-0.25, -0.2) is 0 Å². The van der Waals surface area contributed by atoms with E-state index in [1.807, 2.05) is 67.1 Å². The highest BCUT2D eigenvalue weighted by molar-refractivity contribution is 8.27. The summed E-state index contributed by atoms with van der Waals surface area (Å²) < 4.78 is 8.17. The Morgan fingerprint density at radius 3 is 2.35 bits per heavy atom. The fourth-order valence-electron chi connectivity index (χ4n) is 3.22. The SMILES string of the molecule is Cc1ccc(C)n1N1C(=O)/C(=C\c2ccc(OCc3ccc(Cl)cc3Cl)cc2)SC1=S. The summed E-state index contributed by atoms with van der Waals surface area (Å²) in [4.78, 5) is 13.6. The van der Waals surface area contributed by atoms with E-state index in [0.29, 0.717) is 31.6 Å². The number of halogens is 2. The van der Waals surface area contributed by atoms with E-state index in [0.717, 1.165) is 22.5 Å². The van der Waals surface area contributed by atoms with Gasteiger partial charge in [0.05, 0.1) is 4.91 Å². The van der Waals surface area contributed by atoms with Gasteiger partial charge in [0.15, 0.2) is 4.32 Å². The fraction of sp³-hybridized carbons (Fsp3) is 0.130. The number of amides is 1. The monoisotopic (exact) mass is 488 g/mol. The van der Waals surface area contributed by atoms with Gasteiger partial charge in [0.2, 0.25) is 0 Å². The van der Waals surface area contributed by atoms with Crippen LogP contribution in [0.15, 0.2) is 59.5 Å². The molecule has 1 aromatic heterocycles. The molecule has 0 unspecified atom stereocenters. The molecule has 1 fully saturated rings. The van der Waals surface area contributed by atoms with E-state index in [-0.39, 0.29) is 5.91 Å². The maximum Gasteiger partial charge on any atom is 0.285 e. The van der Waals surface area contributed by atoms with Crippen LogP contribution in [0.3, 0.4) is 0 Å². The summed E-state index contributed by atoms with van der Waals surface area (Å²) in [5.41, 5.74) is 3.66. The number of thioether (sulfide) groups is 1. The van der Waals surface area contributed by atoms with Gasteiger partial charge in [0.25, 0.3) is 5.91 Å². The van der Waals surface area contributed by atoms with Gasteiger partial charge in [0, 0.05) is 27.0 Å². The zero-order valence-electron chi connectivity index (χ0n) is 16.8. The molecule has 0 aliphatic carbocycles. The minimum Gasteiger partial charge on any atom is -0.489 e. The van der Waals surface area contributed by atoms with Crippen molar-refractivity contribution in [2.75, 3.05) is 5.01 Å². The number of benzene rings is 2. The summed E-state index contributed by atoms with van der Waals surface area (Å²) in [6.45, 7) is 4.24. The van der Waals surface area contributed by atoms with Gasteiger partial charge in [-0.15, -0.1) is 0 Å². The molecular formula is C23H18Cl2N2O2S2. The molecule has 1 amide bonds. The van der Waals surface area contributed by atoms with Crippen molar-refractivity contribution in [1.29, 1.82) is 0 Å². The number of carbonyl (C=O) groups is 1. The van der Waals surface area contributed by atoms with E-state index < -0.39 is 0 Å². The van der Waals surface area contributed by atoms with E-state index in [1.54, 1.807) is 17.1 Å². The Labute approximate surface area is 200 Å². The summed E-state index contributed by atoms with van der Waals surface area (Å²) in [6.07, 6.45) is 1.84. The highest BCUT2D eigenvalue weighted by Crippen LogP contribution is 2.33. The summed E-state index contributed by atoms with van der Waals surface area (Å²) in [5.74, 6) is 0.574. The molecule has 4 rings (SSSR count). The summed E-state index contributed by atoms with van der Waals surface area (Å²) in [5, 5.41) is 2.70. The van der Waals surface area contributed by atoms with Crippen LogP contribution >= 0.6 is 47.2 Å². The molecule has 2 heterocycles. The molecule has 1 aliphatic heterocycles. The molecule has 31 heavy (non-hydrogen) atoms. The number of rotatable bonds is 5. The van der Waals surface area contributed by atoms with E-state index in [2.05, 4.69) is 0 Å². The quantitative estimate of drug-likeness (QED) is 0.302. The highest BCUT2D eigenvalue weighted by Gasteiger charge is 2.34. The van der Waals surface area contributed by atoms with Crippen molar-refractivity contribution < 1.29 is 9.53 Å². The Balaban J connectivity index is 1.47. The highest BCUT2D eigenvalue weighted by atomic mass is 35.5. The van der Waals surface area contributed by atoms with Crippen LogP contribution < -0.4 is 9.75 Å². The molecule has 1 aliphatic rings. The zero-order valence-corrected chi connectivity index (χ0v) is 19.9. The van der Waals surface area contributed by atoms with Gasteiger partial charge >= 0.3 is 0 Å². The number of nitrogens with zero attached hydrogens (tertiary/aromatic N) is 2. The smallest absolute Gasteiger partial charge is 0.285 e. The van der Waals surface area contributed by atoms with Crippen LogP contribution in [0.2, 0.25) is 10.0 Å². The van der Waals surface area contributed by atoms with Gasteiger partial charge in [-0.1, -0.05) is 53.2 Å². The largest absolute Gasteiger partial charge is 0.489 e. The summed E-state index contributed by atoms with van der Waals surface area (Å²) >= 11 is 18.9. The summed E-state index contributed by atoms with van der Waals surface area (Å²) in [7, 11) is 0. The van der Waals surface area contributed by atoms with Gasteiger partial charge in [-0.2, -0.15) is 5.01 Å². The Morgan fingerprint density at radius 1 is 1.03 bits per heavy atom. The number of thiocarbonyl (C=S) groups is 1. The maximum atomic E-state index is 13.0. The molecule has 3 aromatic rings. The van der Waals surface area contributed by atoms with Crippen molar-refractivity contribution in [3.63, 3.8) is 0 Å². The third kappa shape index (κ3) is 4.67. The Kier molecular flexibility index (Phi) is 6.44. The average molecular weight is 489 g/mol. The first-order chi connectivity index (χ1) is 14.8. The number of hydrogen-bond acceptors (Lipinski definition) is 4. The second-order valence-corrected chi connectivity index (χ2v) is 9.53. The topological polar surface area (TPSA) is 34.5 Å². The van der Waals surface area contributed by atoms with E-state index in [4.69, 9.17) is 40.2 Å². The molecule has 158 valence electrons. The average Bonchev–Trinajstić information content (AvgIpc) is 3.19. The zero-order chi connectivity index (χ0) is 22.1. The molecule has 0 atom stereocenters. The van der Waals surface area contributed by atoms with Crippen molar-refractivity contribution >= 4 is 63.5 Å². The molecule has 0 N–H and O–H groups in total. The van der Waals surface area contributed by atoms with Crippen molar-refractivity contribution in [3.05, 3.63) is 92.1 Å². The normalized spacial score (nSPS) is 15.2. The summed E-state index contributed by atoms with van der Waals surface area (Å²) in [6, 6.07) is 16.8. The lowest BCUT2D eigenvalue weighted by atomic mass is 10.2. The minimum absolute atomic E-state index is 0.130. The molecule has 2 aromatic carbocycles. The van der Waals surface area contributed by atoms with Crippen LogP contribution in [0.4, 0.5) is 0 Å². The van der Waals surface area contributed by atoms with Gasteiger partial charge in [-0.3, -0.25) is 9.47 Å². The minimum atomic E-state index is -0.130. The third-order valence-corrected chi connectivity index (χ3v) is 6.66. The fourth-order valence-corrected chi connectivity index (χ4v) is 4.92. The molecule has 4 nitrogen and oxygen atoms in total. The van der Waals surface area contributed by atoms with E-state index in [1.165, 1.54) is 11.8 Å². The predicted octanol–water partition coefficient (Wildman–Crippen LogP) is 6.53.